The van der Waals surface area contributed by atoms with Gasteiger partial charge in [0.15, 0.2) is 5.78 Å². The number of anilines is 2. The Bertz CT molecular complexity index is 1220. The number of allylic oxidation sites excluding steroid dienone is 2. The molecule has 30 heavy (non-hydrogen) atoms. The van der Waals surface area contributed by atoms with E-state index < -0.39 is 0 Å². The predicted octanol–water partition coefficient (Wildman–Crippen LogP) is 5.63. The molecule has 0 fully saturated rings. The number of Topliss-reactive ketones (excluding diaryl/α,β-unsaturated/α-hetero) is 1. The zero-order valence-corrected chi connectivity index (χ0v) is 19.9. The van der Waals surface area contributed by atoms with E-state index in [9.17, 15) is 9.59 Å². The molecule has 0 saturated heterocycles. The number of ketones is 2. The van der Waals surface area contributed by atoms with Crippen LogP contribution >= 0.6 is 45.5 Å². The van der Waals surface area contributed by atoms with Crippen LogP contribution in [0.4, 0.5) is 10.7 Å². The number of nitrogens with two attached hydrogens (primary N) is 1. The number of benzene rings is 1. The number of rotatable bonds is 4. The number of fused-ring (bicyclic) bond motifs is 1. The first kappa shape index (κ1) is 21.0. The SMILES string of the molecule is CC(=O)C1=C(C)Nc2sc(C(=O)c3ccc(Cl)c(I)c3)c(N)c2C1c1cccnc1. The molecule has 3 heterocycles. The number of carbonyl (C=O) groups is 2. The lowest BCUT2D eigenvalue weighted by atomic mass is 9.81. The summed E-state index contributed by atoms with van der Waals surface area (Å²) in [6.07, 6.45) is 3.42. The van der Waals surface area contributed by atoms with Crippen LogP contribution in [-0.4, -0.2) is 16.6 Å². The lowest BCUT2D eigenvalue weighted by Gasteiger charge is -2.28. The fourth-order valence-electron chi connectivity index (χ4n) is 3.72. The number of nitrogens with one attached hydrogen (secondary N) is 1. The molecule has 0 radical (unpaired) electrons. The minimum atomic E-state index is -0.379. The van der Waals surface area contributed by atoms with E-state index in [2.05, 4.69) is 32.9 Å². The number of carbonyl (C=O) groups excluding carboxylic acids is 2. The number of hydrogen-bond acceptors (Lipinski definition) is 6. The lowest BCUT2D eigenvalue weighted by Crippen LogP contribution is -2.21. The number of halogens is 2. The van der Waals surface area contributed by atoms with Crippen LogP contribution in [0.15, 0.2) is 54.0 Å². The maximum atomic E-state index is 13.3. The first-order chi connectivity index (χ1) is 14.3. The number of nitrogen functional groups attached to an aromatic ring is 1. The average Bonchev–Trinajstić information content (AvgIpc) is 3.04. The molecule has 0 aliphatic carbocycles. The zero-order valence-electron chi connectivity index (χ0n) is 16.1. The third kappa shape index (κ3) is 3.55. The highest BCUT2D eigenvalue weighted by atomic mass is 127. The van der Waals surface area contributed by atoms with Crippen LogP contribution in [0.3, 0.4) is 0 Å². The number of thiophene rings is 1. The quantitative estimate of drug-likeness (QED) is 0.325. The summed E-state index contributed by atoms with van der Waals surface area (Å²) in [5, 5.41) is 4.65. The Morgan fingerprint density at radius 2 is 2.07 bits per heavy atom. The van der Waals surface area contributed by atoms with Gasteiger partial charge in [-0.05, 0) is 66.3 Å². The van der Waals surface area contributed by atoms with Gasteiger partial charge in [0.05, 0.1) is 15.7 Å². The number of pyridine rings is 1. The molecule has 0 bridgehead atoms. The van der Waals surface area contributed by atoms with Crippen molar-refractivity contribution in [1.29, 1.82) is 0 Å². The van der Waals surface area contributed by atoms with Gasteiger partial charge in [-0.1, -0.05) is 17.7 Å². The summed E-state index contributed by atoms with van der Waals surface area (Å²) in [7, 11) is 0. The predicted molar refractivity (Wildman–Crippen MR) is 129 cm³/mol. The summed E-state index contributed by atoms with van der Waals surface area (Å²) in [6, 6.07) is 8.90. The summed E-state index contributed by atoms with van der Waals surface area (Å²) in [5.74, 6) is -0.601. The van der Waals surface area contributed by atoms with Gasteiger partial charge < -0.3 is 11.1 Å². The molecule has 0 spiro atoms. The minimum absolute atomic E-state index is 0.0507. The molecular formula is C22H17ClIN3O2S. The Morgan fingerprint density at radius 3 is 2.70 bits per heavy atom. The van der Waals surface area contributed by atoms with Crippen molar-refractivity contribution in [1.82, 2.24) is 4.98 Å². The molecule has 0 amide bonds. The highest BCUT2D eigenvalue weighted by molar-refractivity contribution is 14.1. The Labute approximate surface area is 196 Å². The molecule has 1 atom stereocenters. The van der Waals surface area contributed by atoms with Gasteiger partial charge in [-0.25, -0.2) is 0 Å². The van der Waals surface area contributed by atoms with E-state index in [0.717, 1.165) is 25.4 Å². The number of hydrogen-bond donors (Lipinski definition) is 2. The molecule has 3 N–H and O–H groups in total. The molecule has 152 valence electrons. The second-order valence-electron chi connectivity index (χ2n) is 6.98. The summed E-state index contributed by atoms with van der Waals surface area (Å²) in [6.45, 7) is 3.40. The van der Waals surface area contributed by atoms with Gasteiger partial charge in [0, 0.05) is 44.3 Å². The molecule has 0 saturated carbocycles. The smallest absolute Gasteiger partial charge is 0.205 e. The van der Waals surface area contributed by atoms with E-state index in [0.29, 0.717) is 26.7 Å². The highest BCUT2D eigenvalue weighted by Gasteiger charge is 2.36. The monoisotopic (exact) mass is 549 g/mol. The maximum Gasteiger partial charge on any atom is 0.205 e. The topological polar surface area (TPSA) is 85.1 Å². The second-order valence-corrected chi connectivity index (χ2v) is 9.57. The summed E-state index contributed by atoms with van der Waals surface area (Å²) < 4.78 is 0.794. The molecule has 1 unspecified atom stereocenters. The largest absolute Gasteiger partial charge is 0.397 e. The Balaban J connectivity index is 1.88. The fourth-order valence-corrected chi connectivity index (χ4v) is 5.53. The summed E-state index contributed by atoms with van der Waals surface area (Å²) in [5.41, 5.74) is 10.4. The third-order valence-electron chi connectivity index (χ3n) is 5.05. The Morgan fingerprint density at radius 1 is 1.30 bits per heavy atom. The summed E-state index contributed by atoms with van der Waals surface area (Å²) in [4.78, 5) is 30.4. The summed E-state index contributed by atoms with van der Waals surface area (Å²) >= 11 is 9.50. The molecular weight excluding hydrogens is 533 g/mol. The molecule has 1 aromatic carbocycles. The standard InChI is InChI=1S/C22H17ClIN3O2S/c1-10-16(11(2)28)17(13-4-3-7-26-9-13)18-19(25)21(30-22(18)27-10)20(29)12-5-6-14(23)15(24)8-12/h3-9,17,27H,25H2,1-2H3. The molecule has 5 nitrogen and oxygen atoms in total. The van der Waals surface area contributed by atoms with Crippen LogP contribution in [0.5, 0.6) is 0 Å². The van der Waals surface area contributed by atoms with Gasteiger partial charge >= 0.3 is 0 Å². The fraction of sp³-hybridized carbons (Fsp3) is 0.136. The Kier molecular flexibility index (Phi) is 5.69. The lowest BCUT2D eigenvalue weighted by molar-refractivity contribution is -0.113. The van der Waals surface area contributed by atoms with Crippen molar-refractivity contribution in [2.24, 2.45) is 0 Å². The van der Waals surface area contributed by atoms with Crippen molar-refractivity contribution < 1.29 is 9.59 Å². The van der Waals surface area contributed by atoms with Gasteiger partial charge in [-0.2, -0.15) is 0 Å². The van der Waals surface area contributed by atoms with Gasteiger partial charge in [0.25, 0.3) is 0 Å². The van der Waals surface area contributed by atoms with Crippen molar-refractivity contribution in [2.75, 3.05) is 11.1 Å². The third-order valence-corrected chi connectivity index (χ3v) is 7.73. The van der Waals surface area contributed by atoms with Crippen molar-refractivity contribution in [3.63, 3.8) is 0 Å². The molecule has 1 aliphatic rings. The second kappa shape index (κ2) is 8.13. The molecule has 3 aromatic rings. The van der Waals surface area contributed by atoms with E-state index in [-0.39, 0.29) is 17.5 Å². The first-order valence-corrected chi connectivity index (χ1v) is 11.4. The van der Waals surface area contributed by atoms with Crippen molar-refractivity contribution in [3.05, 3.63) is 84.2 Å². The van der Waals surface area contributed by atoms with Crippen LogP contribution in [0, 0.1) is 3.57 Å². The van der Waals surface area contributed by atoms with Crippen LogP contribution in [0.2, 0.25) is 5.02 Å². The van der Waals surface area contributed by atoms with Gasteiger partial charge in [0.1, 0.15) is 4.88 Å². The van der Waals surface area contributed by atoms with E-state index in [1.807, 2.05) is 19.1 Å². The molecule has 1 aliphatic heterocycles. The number of aromatic nitrogens is 1. The average molecular weight is 550 g/mol. The highest BCUT2D eigenvalue weighted by Crippen LogP contribution is 2.50. The zero-order chi connectivity index (χ0) is 21.6. The first-order valence-electron chi connectivity index (χ1n) is 9.10. The number of nitrogens with zero attached hydrogens (tertiary/aromatic N) is 1. The van der Waals surface area contributed by atoms with E-state index >= 15 is 0 Å². The van der Waals surface area contributed by atoms with E-state index in [4.69, 9.17) is 17.3 Å². The van der Waals surface area contributed by atoms with Gasteiger partial charge in [-0.3, -0.25) is 14.6 Å². The van der Waals surface area contributed by atoms with Crippen LogP contribution < -0.4 is 11.1 Å². The van der Waals surface area contributed by atoms with Crippen molar-refractivity contribution in [2.45, 2.75) is 19.8 Å². The van der Waals surface area contributed by atoms with Gasteiger partial charge in [-0.15, -0.1) is 11.3 Å². The van der Waals surface area contributed by atoms with Crippen molar-refractivity contribution >= 4 is 67.8 Å². The van der Waals surface area contributed by atoms with Crippen LogP contribution in [0.1, 0.15) is 46.1 Å². The van der Waals surface area contributed by atoms with Crippen molar-refractivity contribution in [3.8, 4) is 0 Å². The van der Waals surface area contributed by atoms with Gasteiger partial charge in [0.2, 0.25) is 5.78 Å². The van der Waals surface area contributed by atoms with Crippen LogP contribution in [0.25, 0.3) is 0 Å². The maximum absolute atomic E-state index is 13.3. The minimum Gasteiger partial charge on any atom is -0.397 e. The molecule has 8 heteroatoms. The normalized spacial score (nSPS) is 15.5. The Hall–Kier alpha value is -2.23. The van der Waals surface area contributed by atoms with E-state index in [1.54, 1.807) is 37.5 Å². The molecule has 2 aromatic heterocycles. The van der Waals surface area contributed by atoms with Crippen LogP contribution in [-0.2, 0) is 4.79 Å². The molecule has 4 rings (SSSR count). The van der Waals surface area contributed by atoms with E-state index in [1.165, 1.54) is 11.3 Å².